The van der Waals surface area contributed by atoms with Gasteiger partial charge in [0.15, 0.2) is 0 Å². The number of aryl methyl sites for hydroxylation is 1. The Hall–Kier alpha value is -2.69. The number of ether oxygens (including phenoxy) is 1. The molecule has 0 spiro atoms. The second-order valence-corrected chi connectivity index (χ2v) is 4.68. The van der Waals surface area contributed by atoms with Gasteiger partial charge in [0.25, 0.3) is 0 Å². The average molecular weight is 286 g/mol. The molecule has 110 valence electrons. The number of phenols is 1. The maximum atomic E-state index is 11.8. The van der Waals surface area contributed by atoms with Crippen molar-refractivity contribution in [2.75, 3.05) is 12.4 Å². The van der Waals surface area contributed by atoms with Crippen molar-refractivity contribution in [1.82, 2.24) is 5.32 Å². The summed E-state index contributed by atoms with van der Waals surface area (Å²) in [6, 6.07) is 12.1. The van der Waals surface area contributed by atoms with Gasteiger partial charge in [-0.25, -0.2) is 4.79 Å². The first kappa shape index (κ1) is 14.7. The molecule has 21 heavy (non-hydrogen) atoms. The monoisotopic (exact) mass is 286 g/mol. The predicted octanol–water partition coefficient (Wildman–Crippen LogP) is 3.03. The fourth-order valence-corrected chi connectivity index (χ4v) is 1.88. The third-order valence-electron chi connectivity index (χ3n) is 2.99. The zero-order chi connectivity index (χ0) is 15.2. The van der Waals surface area contributed by atoms with Crippen LogP contribution in [0.3, 0.4) is 0 Å². The molecule has 2 aromatic rings. The minimum Gasteiger partial charge on any atom is -0.506 e. The van der Waals surface area contributed by atoms with E-state index in [1.165, 1.54) is 0 Å². The van der Waals surface area contributed by atoms with Crippen LogP contribution in [0, 0.1) is 6.92 Å². The maximum Gasteiger partial charge on any atom is 0.319 e. The maximum absolute atomic E-state index is 11.8. The van der Waals surface area contributed by atoms with Gasteiger partial charge in [0.1, 0.15) is 11.5 Å². The van der Waals surface area contributed by atoms with Gasteiger partial charge in [-0.05, 0) is 42.3 Å². The number of hydrogen-bond acceptors (Lipinski definition) is 3. The van der Waals surface area contributed by atoms with Gasteiger partial charge in [0, 0.05) is 6.54 Å². The van der Waals surface area contributed by atoms with E-state index in [9.17, 15) is 9.90 Å². The Morgan fingerprint density at radius 1 is 1.24 bits per heavy atom. The normalized spacial score (nSPS) is 10.0. The van der Waals surface area contributed by atoms with Crippen LogP contribution in [-0.4, -0.2) is 18.2 Å². The van der Waals surface area contributed by atoms with E-state index in [4.69, 9.17) is 4.74 Å². The highest BCUT2D eigenvalue weighted by Gasteiger charge is 2.06. The lowest BCUT2D eigenvalue weighted by molar-refractivity contribution is 0.251. The lowest BCUT2D eigenvalue weighted by atomic mass is 10.2. The number of rotatable bonds is 4. The van der Waals surface area contributed by atoms with E-state index < -0.39 is 0 Å². The summed E-state index contributed by atoms with van der Waals surface area (Å²) >= 11 is 0. The Labute approximate surface area is 123 Å². The van der Waals surface area contributed by atoms with Crippen molar-refractivity contribution >= 4 is 11.7 Å². The van der Waals surface area contributed by atoms with Crippen molar-refractivity contribution in [2.24, 2.45) is 0 Å². The third-order valence-corrected chi connectivity index (χ3v) is 2.99. The number of phenolic OH excluding ortho intramolecular Hbond substituents is 1. The van der Waals surface area contributed by atoms with Crippen molar-refractivity contribution < 1.29 is 14.6 Å². The van der Waals surface area contributed by atoms with E-state index >= 15 is 0 Å². The number of benzene rings is 2. The number of carbonyl (C=O) groups is 1. The van der Waals surface area contributed by atoms with E-state index in [-0.39, 0.29) is 11.8 Å². The summed E-state index contributed by atoms with van der Waals surface area (Å²) in [6.07, 6.45) is 0. The zero-order valence-electron chi connectivity index (χ0n) is 12.0. The van der Waals surface area contributed by atoms with Gasteiger partial charge in [-0.3, -0.25) is 0 Å². The van der Waals surface area contributed by atoms with Crippen LogP contribution >= 0.6 is 0 Å². The van der Waals surface area contributed by atoms with Crippen LogP contribution in [-0.2, 0) is 6.54 Å². The van der Waals surface area contributed by atoms with Gasteiger partial charge in [0.05, 0.1) is 12.8 Å². The Morgan fingerprint density at radius 2 is 2.05 bits per heavy atom. The number of anilines is 1. The van der Waals surface area contributed by atoms with Gasteiger partial charge >= 0.3 is 6.03 Å². The first-order valence-corrected chi connectivity index (χ1v) is 6.56. The van der Waals surface area contributed by atoms with Crippen LogP contribution < -0.4 is 15.4 Å². The molecule has 0 atom stereocenters. The molecule has 0 saturated heterocycles. The van der Waals surface area contributed by atoms with Crippen LogP contribution in [0.1, 0.15) is 11.1 Å². The zero-order valence-corrected chi connectivity index (χ0v) is 12.0. The SMILES string of the molecule is COc1cccc(CNC(=O)Nc2cc(C)ccc2O)c1. The summed E-state index contributed by atoms with van der Waals surface area (Å²) in [5.74, 6) is 0.781. The molecular formula is C16H18N2O3. The highest BCUT2D eigenvalue weighted by Crippen LogP contribution is 2.23. The number of nitrogens with one attached hydrogen (secondary N) is 2. The molecule has 2 amide bonds. The first-order chi connectivity index (χ1) is 10.1. The molecule has 0 heterocycles. The molecule has 5 nitrogen and oxygen atoms in total. The Bertz CT molecular complexity index is 641. The van der Waals surface area contributed by atoms with Crippen molar-refractivity contribution in [1.29, 1.82) is 0 Å². The van der Waals surface area contributed by atoms with E-state index in [1.807, 2.05) is 31.2 Å². The quantitative estimate of drug-likeness (QED) is 0.757. The van der Waals surface area contributed by atoms with Crippen LogP contribution in [0.15, 0.2) is 42.5 Å². The Kier molecular flexibility index (Phi) is 4.66. The molecular weight excluding hydrogens is 268 g/mol. The molecule has 3 N–H and O–H groups in total. The molecule has 0 aromatic heterocycles. The lowest BCUT2D eigenvalue weighted by Crippen LogP contribution is -2.28. The molecule has 0 fully saturated rings. The fourth-order valence-electron chi connectivity index (χ4n) is 1.88. The number of aromatic hydroxyl groups is 1. The van der Waals surface area contributed by atoms with Gasteiger partial charge in [-0.2, -0.15) is 0 Å². The van der Waals surface area contributed by atoms with E-state index in [2.05, 4.69) is 10.6 Å². The van der Waals surface area contributed by atoms with Crippen LogP contribution in [0.4, 0.5) is 10.5 Å². The number of carbonyl (C=O) groups excluding carboxylic acids is 1. The number of hydrogen-bond donors (Lipinski definition) is 3. The molecule has 0 aliphatic carbocycles. The van der Waals surface area contributed by atoms with E-state index in [1.54, 1.807) is 25.3 Å². The van der Waals surface area contributed by atoms with Gasteiger partial charge < -0.3 is 20.5 Å². The second-order valence-electron chi connectivity index (χ2n) is 4.68. The third kappa shape index (κ3) is 4.14. The van der Waals surface area contributed by atoms with Gasteiger partial charge in [-0.15, -0.1) is 0 Å². The molecule has 0 radical (unpaired) electrons. The van der Waals surface area contributed by atoms with Crippen molar-refractivity contribution in [3.63, 3.8) is 0 Å². The highest BCUT2D eigenvalue weighted by atomic mass is 16.5. The summed E-state index contributed by atoms with van der Waals surface area (Å²) in [4.78, 5) is 11.8. The topological polar surface area (TPSA) is 70.6 Å². The number of methoxy groups -OCH3 is 1. The van der Waals surface area contributed by atoms with E-state index in [0.717, 1.165) is 16.9 Å². The molecule has 2 rings (SSSR count). The Balaban J connectivity index is 1.94. The second kappa shape index (κ2) is 6.65. The van der Waals surface area contributed by atoms with Crippen molar-refractivity contribution in [3.05, 3.63) is 53.6 Å². The summed E-state index contributed by atoms with van der Waals surface area (Å²) in [5.41, 5.74) is 2.27. The fraction of sp³-hybridized carbons (Fsp3) is 0.188. The van der Waals surface area contributed by atoms with Crippen LogP contribution in [0.2, 0.25) is 0 Å². The highest BCUT2D eigenvalue weighted by molar-refractivity contribution is 5.90. The van der Waals surface area contributed by atoms with Crippen LogP contribution in [0.25, 0.3) is 0 Å². The van der Waals surface area contributed by atoms with Crippen molar-refractivity contribution in [3.8, 4) is 11.5 Å². The molecule has 0 unspecified atom stereocenters. The molecule has 0 saturated carbocycles. The summed E-state index contributed by atoms with van der Waals surface area (Å²) in [7, 11) is 1.60. The smallest absolute Gasteiger partial charge is 0.319 e. The standard InChI is InChI=1S/C16H18N2O3/c1-11-6-7-15(19)14(8-11)18-16(20)17-10-12-4-3-5-13(9-12)21-2/h3-9,19H,10H2,1-2H3,(H2,17,18,20). The molecule has 2 aromatic carbocycles. The van der Waals surface area contributed by atoms with Gasteiger partial charge in [0.2, 0.25) is 0 Å². The summed E-state index contributed by atoms with van der Waals surface area (Å²) in [5, 5.41) is 15.0. The molecule has 0 aliphatic heterocycles. The summed E-state index contributed by atoms with van der Waals surface area (Å²) in [6.45, 7) is 2.26. The largest absolute Gasteiger partial charge is 0.506 e. The molecule has 0 bridgehead atoms. The predicted molar refractivity (Wildman–Crippen MR) is 81.7 cm³/mol. The minimum absolute atomic E-state index is 0.0390. The lowest BCUT2D eigenvalue weighted by Gasteiger charge is -2.10. The first-order valence-electron chi connectivity index (χ1n) is 6.56. The van der Waals surface area contributed by atoms with Crippen LogP contribution in [0.5, 0.6) is 11.5 Å². The molecule has 0 aliphatic rings. The van der Waals surface area contributed by atoms with E-state index in [0.29, 0.717) is 12.2 Å². The average Bonchev–Trinajstić information content (AvgIpc) is 2.49. The Morgan fingerprint density at radius 3 is 2.81 bits per heavy atom. The minimum atomic E-state index is -0.376. The summed E-state index contributed by atoms with van der Waals surface area (Å²) < 4.78 is 5.12. The molecule has 5 heteroatoms. The number of urea groups is 1. The van der Waals surface area contributed by atoms with Gasteiger partial charge in [-0.1, -0.05) is 18.2 Å². The number of amides is 2. The van der Waals surface area contributed by atoms with Crippen molar-refractivity contribution in [2.45, 2.75) is 13.5 Å².